The molecule has 33 heavy (non-hydrogen) atoms. The fourth-order valence-electron chi connectivity index (χ4n) is 3.75. The van der Waals surface area contributed by atoms with Gasteiger partial charge in [-0.05, 0) is 56.2 Å². The Morgan fingerprint density at radius 2 is 1.85 bits per heavy atom. The van der Waals surface area contributed by atoms with E-state index in [1.165, 1.54) is 18.6 Å². The largest absolute Gasteiger partial charge is 0.573 e. The summed E-state index contributed by atoms with van der Waals surface area (Å²) in [5, 5.41) is 14.6. The first-order chi connectivity index (χ1) is 15.8. The quantitative estimate of drug-likeness (QED) is 0.542. The number of benzene rings is 2. The van der Waals surface area contributed by atoms with Crippen molar-refractivity contribution in [2.75, 3.05) is 10.6 Å². The van der Waals surface area contributed by atoms with Gasteiger partial charge < -0.3 is 19.9 Å². The molecule has 0 unspecified atom stereocenters. The van der Waals surface area contributed by atoms with Crippen molar-refractivity contribution in [3.05, 3.63) is 54.4 Å². The summed E-state index contributed by atoms with van der Waals surface area (Å²) in [4.78, 5) is 12.6. The number of amides is 1. The van der Waals surface area contributed by atoms with Gasteiger partial charge >= 0.3 is 6.36 Å². The molecular weight excluding hydrogens is 435 g/mol. The zero-order chi connectivity index (χ0) is 23.4. The maximum absolute atomic E-state index is 12.6. The van der Waals surface area contributed by atoms with Crippen molar-refractivity contribution in [2.24, 2.45) is 0 Å². The summed E-state index contributed by atoms with van der Waals surface area (Å²) in [7, 11) is 0. The SMILES string of the molecule is C[C@@H](Nc1cccc(-c2nnc3n2CCCCC3)c1)C(=O)Nc1ccc(OC(F)(F)F)cc1. The van der Waals surface area contributed by atoms with E-state index >= 15 is 0 Å². The Morgan fingerprint density at radius 1 is 1.06 bits per heavy atom. The average molecular weight is 459 g/mol. The molecule has 0 aliphatic carbocycles. The van der Waals surface area contributed by atoms with Crippen molar-refractivity contribution in [3.63, 3.8) is 0 Å². The molecule has 1 atom stereocenters. The van der Waals surface area contributed by atoms with E-state index in [1.54, 1.807) is 6.92 Å². The maximum Gasteiger partial charge on any atom is 0.573 e. The summed E-state index contributed by atoms with van der Waals surface area (Å²) in [6, 6.07) is 12.0. The second kappa shape index (κ2) is 9.51. The molecule has 0 fully saturated rings. The van der Waals surface area contributed by atoms with Crippen molar-refractivity contribution in [1.29, 1.82) is 0 Å². The number of hydrogen-bond donors (Lipinski definition) is 2. The summed E-state index contributed by atoms with van der Waals surface area (Å²) in [6.07, 6.45) is -0.454. The number of aromatic nitrogens is 3. The van der Waals surface area contributed by atoms with E-state index in [0.29, 0.717) is 5.69 Å². The highest BCUT2D eigenvalue weighted by atomic mass is 19.4. The molecular formula is C23H24F3N5O2. The number of hydrogen-bond acceptors (Lipinski definition) is 5. The fourth-order valence-corrected chi connectivity index (χ4v) is 3.75. The second-order valence-electron chi connectivity index (χ2n) is 7.91. The number of halogens is 3. The van der Waals surface area contributed by atoms with E-state index in [-0.39, 0.29) is 11.7 Å². The van der Waals surface area contributed by atoms with Gasteiger partial charge in [0.2, 0.25) is 5.91 Å². The summed E-state index contributed by atoms with van der Waals surface area (Å²) in [5.74, 6) is 1.13. The standard InChI is InChI=1S/C23H24F3N5O2/c1-15(22(32)28-17-9-11-19(12-10-17)33-23(24,25)26)27-18-7-5-6-16(14-18)21-30-29-20-8-3-2-4-13-31(20)21/h5-7,9-12,14-15,27H,2-4,8,13H2,1H3,(H,28,32)/t15-/m1/s1. The minimum atomic E-state index is -4.76. The Bertz CT molecular complexity index is 1110. The molecule has 1 aliphatic rings. The number of aryl methyl sites for hydroxylation is 1. The molecule has 0 bridgehead atoms. The van der Waals surface area contributed by atoms with Gasteiger partial charge in [-0.15, -0.1) is 23.4 Å². The zero-order valence-electron chi connectivity index (χ0n) is 18.0. The Morgan fingerprint density at radius 3 is 2.61 bits per heavy atom. The van der Waals surface area contributed by atoms with Crippen LogP contribution in [-0.4, -0.2) is 33.1 Å². The first-order valence-corrected chi connectivity index (χ1v) is 10.7. The molecule has 0 radical (unpaired) electrons. The number of nitrogens with zero attached hydrogens (tertiary/aromatic N) is 3. The molecule has 0 saturated heterocycles. The Hall–Kier alpha value is -3.56. The zero-order valence-corrected chi connectivity index (χ0v) is 18.0. The predicted molar refractivity (Wildman–Crippen MR) is 118 cm³/mol. The monoisotopic (exact) mass is 459 g/mol. The van der Waals surface area contributed by atoms with Crippen LogP contribution >= 0.6 is 0 Å². The van der Waals surface area contributed by atoms with Gasteiger partial charge in [-0.25, -0.2) is 0 Å². The van der Waals surface area contributed by atoms with Gasteiger partial charge in [0, 0.05) is 29.9 Å². The molecule has 0 spiro atoms. The first kappa shape index (κ1) is 22.6. The smallest absolute Gasteiger partial charge is 0.406 e. The van der Waals surface area contributed by atoms with Crippen LogP contribution in [0.3, 0.4) is 0 Å². The van der Waals surface area contributed by atoms with Crippen molar-refractivity contribution >= 4 is 17.3 Å². The maximum atomic E-state index is 12.6. The lowest BCUT2D eigenvalue weighted by molar-refractivity contribution is -0.274. The van der Waals surface area contributed by atoms with Crippen LogP contribution in [-0.2, 0) is 17.8 Å². The Balaban J connectivity index is 1.40. The van der Waals surface area contributed by atoms with Gasteiger partial charge in [-0.2, -0.15) is 0 Å². The van der Waals surface area contributed by atoms with Crippen LogP contribution in [0.2, 0.25) is 0 Å². The van der Waals surface area contributed by atoms with Gasteiger partial charge in [0.15, 0.2) is 5.82 Å². The molecule has 174 valence electrons. The van der Waals surface area contributed by atoms with E-state index in [0.717, 1.165) is 60.8 Å². The van der Waals surface area contributed by atoms with Crippen molar-refractivity contribution in [1.82, 2.24) is 14.8 Å². The van der Waals surface area contributed by atoms with Crippen LogP contribution in [0.5, 0.6) is 5.75 Å². The molecule has 10 heteroatoms. The number of carbonyl (C=O) groups excluding carboxylic acids is 1. The summed E-state index contributed by atoms with van der Waals surface area (Å²) < 4.78 is 42.8. The van der Waals surface area contributed by atoms with Crippen LogP contribution in [0.1, 0.15) is 32.0 Å². The molecule has 1 aliphatic heterocycles. The predicted octanol–water partition coefficient (Wildman–Crippen LogP) is 5.01. The topological polar surface area (TPSA) is 81.1 Å². The minimum absolute atomic E-state index is 0.332. The molecule has 1 aromatic heterocycles. The van der Waals surface area contributed by atoms with Crippen LogP contribution in [0.4, 0.5) is 24.5 Å². The highest BCUT2D eigenvalue weighted by molar-refractivity contribution is 5.96. The third kappa shape index (κ3) is 5.82. The highest BCUT2D eigenvalue weighted by Gasteiger charge is 2.31. The molecule has 3 aromatic rings. The van der Waals surface area contributed by atoms with E-state index in [9.17, 15) is 18.0 Å². The van der Waals surface area contributed by atoms with Crippen LogP contribution < -0.4 is 15.4 Å². The van der Waals surface area contributed by atoms with Gasteiger partial charge in [0.05, 0.1) is 0 Å². The van der Waals surface area contributed by atoms with Gasteiger partial charge in [-0.1, -0.05) is 18.6 Å². The molecule has 2 N–H and O–H groups in total. The van der Waals surface area contributed by atoms with Gasteiger partial charge in [0.1, 0.15) is 17.6 Å². The van der Waals surface area contributed by atoms with E-state index < -0.39 is 12.4 Å². The van der Waals surface area contributed by atoms with E-state index in [1.807, 2.05) is 24.3 Å². The third-order valence-electron chi connectivity index (χ3n) is 5.36. The van der Waals surface area contributed by atoms with Crippen LogP contribution in [0.25, 0.3) is 11.4 Å². The number of anilines is 2. The van der Waals surface area contributed by atoms with Crippen molar-refractivity contribution < 1.29 is 22.7 Å². The fraction of sp³-hybridized carbons (Fsp3) is 0.348. The third-order valence-corrected chi connectivity index (χ3v) is 5.36. The second-order valence-corrected chi connectivity index (χ2v) is 7.91. The summed E-state index contributed by atoms with van der Waals surface area (Å²) in [6.45, 7) is 2.59. The molecule has 7 nitrogen and oxygen atoms in total. The lowest BCUT2D eigenvalue weighted by atomic mass is 10.1. The van der Waals surface area contributed by atoms with Crippen molar-refractivity contribution in [2.45, 2.75) is 51.6 Å². The van der Waals surface area contributed by atoms with Crippen LogP contribution in [0, 0.1) is 0 Å². The number of carbonyl (C=O) groups is 1. The van der Waals surface area contributed by atoms with Gasteiger partial charge in [-0.3, -0.25) is 4.79 Å². The first-order valence-electron chi connectivity index (χ1n) is 10.7. The lowest BCUT2D eigenvalue weighted by Crippen LogP contribution is -2.31. The Labute approximate surface area is 189 Å². The number of ether oxygens (including phenoxy) is 1. The van der Waals surface area contributed by atoms with E-state index in [2.05, 4.69) is 30.1 Å². The summed E-state index contributed by atoms with van der Waals surface area (Å²) >= 11 is 0. The van der Waals surface area contributed by atoms with Crippen LogP contribution in [0.15, 0.2) is 48.5 Å². The number of alkyl halides is 3. The Kier molecular flexibility index (Phi) is 6.52. The molecule has 4 rings (SSSR count). The highest BCUT2D eigenvalue weighted by Crippen LogP contribution is 2.26. The number of rotatable bonds is 6. The van der Waals surface area contributed by atoms with Gasteiger partial charge in [0.25, 0.3) is 0 Å². The van der Waals surface area contributed by atoms with Crippen molar-refractivity contribution in [3.8, 4) is 17.1 Å². The molecule has 2 aromatic carbocycles. The number of fused-ring (bicyclic) bond motifs is 1. The molecule has 2 heterocycles. The normalized spacial score (nSPS) is 14.7. The minimum Gasteiger partial charge on any atom is -0.406 e. The lowest BCUT2D eigenvalue weighted by Gasteiger charge is -2.16. The summed E-state index contributed by atoms with van der Waals surface area (Å²) in [5.41, 5.74) is 2.02. The molecule has 0 saturated carbocycles. The number of nitrogens with one attached hydrogen (secondary N) is 2. The van der Waals surface area contributed by atoms with E-state index in [4.69, 9.17) is 0 Å². The average Bonchev–Trinajstić information content (AvgIpc) is 3.02. The molecule has 1 amide bonds.